The monoisotopic (exact) mass is 764 g/mol. The molecule has 5 aromatic rings. The second-order valence-electron chi connectivity index (χ2n) is 14.0. The summed E-state index contributed by atoms with van der Waals surface area (Å²) in [5.74, 6) is -1.09. The first-order chi connectivity index (χ1) is 25.6. The Labute approximate surface area is 309 Å². The number of nitrogen functional groups attached to an aromatic ring is 1. The number of hydrogen-bond donors (Lipinski definition) is 1. The molecule has 0 bridgehead atoms. The van der Waals surface area contributed by atoms with E-state index in [1.54, 1.807) is 4.90 Å². The Morgan fingerprint density at radius 2 is 2.11 bits per heavy atom. The third-order valence-electron chi connectivity index (χ3n) is 11.2. The Bertz CT molecular complexity index is 2360. The van der Waals surface area contributed by atoms with Gasteiger partial charge in [0.05, 0.1) is 38.8 Å². The molecular formula is C35H32ClF3N10O3S. The van der Waals surface area contributed by atoms with Crippen LogP contribution < -0.4 is 20.1 Å². The largest absolute Gasteiger partial charge is 0.489 e. The third kappa shape index (κ3) is 5.17. The number of nitriles is 1. The van der Waals surface area contributed by atoms with Crippen LogP contribution in [0.3, 0.4) is 0 Å². The molecule has 18 heteroatoms. The number of carbonyl (C=O) groups is 1. The number of hydrogen-bond acceptors (Lipinski definition) is 12. The van der Waals surface area contributed by atoms with Gasteiger partial charge in [-0.05, 0) is 44.4 Å². The molecule has 2 N–H and O–H groups in total. The zero-order chi connectivity index (χ0) is 36.8. The molecule has 0 saturated carbocycles. The van der Waals surface area contributed by atoms with Crippen molar-refractivity contribution in [3.05, 3.63) is 47.0 Å². The number of halogens is 4. The van der Waals surface area contributed by atoms with Gasteiger partial charge in [0.25, 0.3) is 0 Å². The fourth-order valence-corrected chi connectivity index (χ4v) is 9.86. The lowest BCUT2D eigenvalue weighted by atomic mass is 9.94. The minimum atomic E-state index is -0.984. The molecule has 3 fully saturated rings. The first kappa shape index (κ1) is 33.9. The van der Waals surface area contributed by atoms with Crippen molar-refractivity contribution in [2.75, 3.05) is 50.0 Å². The minimum absolute atomic E-state index is 0.00263. The van der Waals surface area contributed by atoms with Gasteiger partial charge in [-0.1, -0.05) is 17.7 Å². The van der Waals surface area contributed by atoms with E-state index in [0.717, 1.165) is 30.7 Å². The summed E-state index contributed by atoms with van der Waals surface area (Å²) in [5.41, 5.74) is 5.42. The smallest absolute Gasteiger partial charge is 0.346 e. The van der Waals surface area contributed by atoms with Crippen molar-refractivity contribution in [1.82, 2.24) is 34.5 Å². The highest BCUT2D eigenvalue weighted by Gasteiger charge is 2.49. The molecule has 4 atom stereocenters. The molecule has 274 valence electrons. The highest BCUT2D eigenvalue weighted by molar-refractivity contribution is 7.23. The predicted molar refractivity (Wildman–Crippen MR) is 191 cm³/mol. The number of rotatable bonds is 6. The standard InChI is InChI=1S/C35H32ClF3N10O3S/c1-17(22-5-8-48(22)34(50)49-16-42-15-43-49)47-9-10-51-29-25-28(44-33(45-32(25)47)52-14-35-6-2-7-46(35)13-18(37)11-35)27(39)24(26(29)36)19-3-4-21(38)30-23(19)20(12-40)31(41)53-30/h3-4,15-18,22H,2,5-11,13-14,41H2,1H3/t17?,18-,22-,35+/m1/s1. The number of nitrogens with zero attached hydrogens (tertiary/aromatic N) is 9. The van der Waals surface area contributed by atoms with Crippen molar-refractivity contribution in [3.63, 3.8) is 0 Å². The molecule has 9 rings (SSSR count). The van der Waals surface area contributed by atoms with E-state index in [-0.39, 0.29) is 103 Å². The van der Waals surface area contributed by atoms with E-state index in [1.807, 2.05) is 17.9 Å². The second kappa shape index (κ2) is 12.6. The van der Waals surface area contributed by atoms with Gasteiger partial charge in [-0.2, -0.15) is 25.0 Å². The Kier molecular flexibility index (Phi) is 8.05. The van der Waals surface area contributed by atoms with E-state index < -0.39 is 23.3 Å². The molecule has 4 aliphatic rings. The topological polar surface area (TPSA) is 152 Å². The van der Waals surface area contributed by atoms with E-state index in [1.165, 1.54) is 29.5 Å². The summed E-state index contributed by atoms with van der Waals surface area (Å²) in [5, 5.41) is 14.3. The molecule has 3 saturated heterocycles. The average Bonchev–Trinajstić information content (AvgIpc) is 3.89. The van der Waals surface area contributed by atoms with Crippen LogP contribution >= 0.6 is 22.9 Å². The van der Waals surface area contributed by atoms with Crippen LogP contribution in [0.25, 0.3) is 32.1 Å². The molecule has 0 spiro atoms. The van der Waals surface area contributed by atoms with Crippen LogP contribution in [0, 0.1) is 23.0 Å². The van der Waals surface area contributed by atoms with Crippen molar-refractivity contribution < 1.29 is 27.4 Å². The summed E-state index contributed by atoms with van der Waals surface area (Å²) in [6, 6.07) is 3.48. The molecule has 1 unspecified atom stereocenters. The number of anilines is 2. The highest BCUT2D eigenvalue weighted by atomic mass is 35.5. The number of aromatic nitrogens is 5. The Hall–Kier alpha value is -4.92. The minimum Gasteiger partial charge on any atom is -0.489 e. The van der Waals surface area contributed by atoms with Crippen molar-refractivity contribution in [3.8, 4) is 29.0 Å². The molecule has 13 nitrogen and oxygen atoms in total. The SMILES string of the molecule is CC([C@H]1CCN1C(=O)n1cncn1)N1CCOc2c(Cl)c(-c3ccc(F)c4sc(N)c(C#N)c34)c(F)c3nc(OC[C@@]45CCCN4C[C@H](F)C5)nc1c23. The van der Waals surface area contributed by atoms with Crippen LogP contribution in [-0.2, 0) is 0 Å². The van der Waals surface area contributed by atoms with Crippen LogP contribution in [0.15, 0.2) is 24.8 Å². The van der Waals surface area contributed by atoms with Gasteiger partial charge in [0.15, 0.2) is 11.6 Å². The Morgan fingerprint density at radius 3 is 2.87 bits per heavy atom. The predicted octanol–water partition coefficient (Wildman–Crippen LogP) is 5.77. The van der Waals surface area contributed by atoms with Crippen LogP contribution in [0.2, 0.25) is 5.02 Å². The fraction of sp³-hybridized carbons (Fsp3) is 0.429. The number of amides is 1. The number of carbonyl (C=O) groups excluding carboxylic acids is 1. The summed E-state index contributed by atoms with van der Waals surface area (Å²) in [6.45, 7) is 4.01. The molecule has 1 amide bonds. The number of benzene rings is 2. The van der Waals surface area contributed by atoms with Gasteiger partial charge in [0, 0.05) is 36.5 Å². The van der Waals surface area contributed by atoms with E-state index in [9.17, 15) is 14.4 Å². The molecule has 3 aromatic heterocycles. The molecule has 4 aliphatic heterocycles. The first-order valence-corrected chi connectivity index (χ1v) is 18.5. The van der Waals surface area contributed by atoms with E-state index >= 15 is 8.78 Å². The van der Waals surface area contributed by atoms with E-state index in [2.05, 4.69) is 20.0 Å². The first-order valence-electron chi connectivity index (χ1n) is 17.3. The number of fused-ring (bicyclic) bond motifs is 2. The number of alkyl halides is 1. The van der Waals surface area contributed by atoms with Crippen molar-refractivity contribution in [2.24, 2.45) is 0 Å². The average molecular weight is 765 g/mol. The van der Waals surface area contributed by atoms with Crippen molar-refractivity contribution >= 4 is 60.8 Å². The van der Waals surface area contributed by atoms with Gasteiger partial charge < -0.3 is 25.0 Å². The van der Waals surface area contributed by atoms with Crippen molar-refractivity contribution in [1.29, 1.82) is 5.26 Å². The quantitative estimate of drug-likeness (QED) is 0.224. The number of nitrogens with two attached hydrogens (primary N) is 1. The van der Waals surface area contributed by atoms with Crippen molar-refractivity contribution in [2.45, 2.75) is 56.4 Å². The molecule has 0 aliphatic carbocycles. The van der Waals surface area contributed by atoms with Crippen LogP contribution in [0.1, 0.15) is 38.2 Å². The van der Waals surface area contributed by atoms with Gasteiger partial charge in [-0.25, -0.2) is 22.9 Å². The lowest BCUT2D eigenvalue weighted by Crippen LogP contribution is -2.61. The summed E-state index contributed by atoms with van der Waals surface area (Å²) in [6.07, 6.45) is 4.29. The molecule has 53 heavy (non-hydrogen) atoms. The molecule has 2 aromatic carbocycles. The second-order valence-corrected chi connectivity index (χ2v) is 15.4. The lowest BCUT2D eigenvalue weighted by Gasteiger charge is -2.47. The third-order valence-corrected chi connectivity index (χ3v) is 12.6. The van der Waals surface area contributed by atoms with Gasteiger partial charge >= 0.3 is 12.0 Å². The Balaban J connectivity index is 1.21. The summed E-state index contributed by atoms with van der Waals surface area (Å²) >= 11 is 7.96. The van der Waals surface area contributed by atoms with Gasteiger partial charge in [0.1, 0.15) is 60.3 Å². The summed E-state index contributed by atoms with van der Waals surface area (Å²) in [4.78, 5) is 32.4. The maximum atomic E-state index is 17.4. The molecule has 0 radical (unpaired) electrons. The normalized spacial score (nSPS) is 23.1. The van der Waals surface area contributed by atoms with Gasteiger partial charge in [-0.3, -0.25) is 4.90 Å². The maximum Gasteiger partial charge on any atom is 0.346 e. The number of likely N-dealkylation sites (tertiary alicyclic amines) is 1. The maximum absolute atomic E-state index is 17.4. The fourth-order valence-electron chi connectivity index (χ4n) is 8.58. The van der Waals surface area contributed by atoms with Crippen LogP contribution in [-0.4, -0.2) is 104 Å². The molecular weight excluding hydrogens is 733 g/mol. The van der Waals surface area contributed by atoms with Gasteiger partial charge in [-0.15, -0.1) is 11.3 Å². The zero-order valence-corrected chi connectivity index (χ0v) is 29.9. The summed E-state index contributed by atoms with van der Waals surface area (Å²) in [7, 11) is 0. The number of ether oxygens (including phenoxy) is 2. The van der Waals surface area contributed by atoms with Crippen LogP contribution in [0.5, 0.6) is 11.8 Å². The molecule has 7 heterocycles. The van der Waals surface area contributed by atoms with E-state index in [0.29, 0.717) is 25.9 Å². The highest BCUT2D eigenvalue weighted by Crippen LogP contribution is 2.51. The van der Waals surface area contributed by atoms with E-state index in [4.69, 9.17) is 31.8 Å². The zero-order valence-electron chi connectivity index (χ0n) is 28.4. The lowest BCUT2D eigenvalue weighted by molar-refractivity contribution is 0.0975. The van der Waals surface area contributed by atoms with Gasteiger partial charge in [0.2, 0.25) is 0 Å². The van der Waals surface area contributed by atoms with Crippen LogP contribution in [0.4, 0.5) is 28.8 Å². The Morgan fingerprint density at radius 1 is 1.26 bits per heavy atom. The number of thiophene rings is 1. The summed E-state index contributed by atoms with van der Waals surface area (Å²) < 4.78 is 61.0.